The Bertz CT molecular complexity index is 616. The number of amides is 1. The maximum atomic E-state index is 11.8. The summed E-state index contributed by atoms with van der Waals surface area (Å²) in [6.07, 6.45) is 1.34. The molecule has 0 fully saturated rings. The first-order valence-corrected chi connectivity index (χ1v) is 5.92. The first-order chi connectivity index (χ1) is 8.15. The number of nitrogens with two attached hydrogens (primary N) is 1. The van der Waals surface area contributed by atoms with Crippen molar-refractivity contribution < 1.29 is 4.79 Å². The predicted octanol–water partition coefficient (Wildman–Crippen LogP) is -0.0185. The van der Waals surface area contributed by atoms with Gasteiger partial charge in [0, 0.05) is 13.1 Å². The Morgan fingerprint density at radius 2 is 2.41 bits per heavy atom. The van der Waals surface area contributed by atoms with Gasteiger partial charge < -0.3 is 16.0 Å². The van der Waals surface area contributed by atoms with Crippen LogP contribution < -0.4 is 16.6 Å². The molecule has 0 atom stereocenters. The van der Waals surface area contributed by atoms with E-state index in [0.29, 0.717) is 33.7 Å². The van der Waals surface area contributed by atoms with E-state index < -0.39 is 0 Å². The molecule has 6 nitrogen and oxygen atoms in total. The van der Waals surface area contributed by atoms with Crippen LogP contribution in [0.25, 0.3) is 10.2 Å². The molecule has 7 heteroatoms. The van der Waals surface area contributed by atoms with E-state index >= 15 is 0 Å². The zero-order chi connectivity index (χ0) is 12.4. The lowest BCUT2D eigenvalue weighted by Crippen LogP contribution is -2.28. The number of aryl methyl sites for hydroxylation is 1. The average Bonchev–Trinajstić information content (AvgIpc) is 2.65. The highest BCUT2D eigenvalue weighted by Gasteiger charge is 2.17. The second-order valence-corrected chi connectivity index (χ2v) is 4.51. The molecule has 1 amide bonds. The van der Waals surface area contributed by atoms with E-state index in [1.165, 1.54) is 17.7 Å². The molecule has 0 aliphatic carbocycles. The van der Waals surface area contributed by atoms with Crippen molar-refractivity contribution in [1.29, 1.82) is 0 Å². The minimum Gasteiger partial charge on any atom is -0.350 e. The Morgan fingerprint density at radius 3 is 3.06 bits per heavy atom. The molecule has 2 heterocycles. The molecule has 0 aliphatic heterocycles. The normalized spacial score (nSPS) is 10.7. The molecular formula is C10H12N4O2S. The number of hydrogen-bond donors (Lipinski definition) is 3. The van der Waals surface area contributed by atoms with E-state index in [9.17, 15) is 9.59 Å². The number of thiophene rings is 1. The highest BCUT2D eigenvalue weighted by Crippen LogP contribution is 2.26. The lowest BCUT2D eigenvalue weighted by atomic mass is 10.2. The van der Waals surface area contributed by atoms with Gasteiger partial charge in [-0.15, -0.1) is 11.3 Å². The molecule has 0 bridgehead atoms. The van der Waals surface area contributed by atoms with Crippen molar-refractivity contribution in [3.05, 3.63) is 27.1 Å². The zero-order valence-electron chi connectivity index (χ0n) is 9.24. The first-order valence-electron chi connectivity index (χ1n) is 5.10. The summed E-state index contributed by atoms with van der Waals surface area (Å²) < 4.78 is 0. The Hall–Kier alpha value is -1.73. The van der Waals surface area contributed by atoms with Crippen LogP contribution in [0.5, 0.6) is 0 Å². The SMILES string of the molecule is Cc1c(C(=O)NCCN)sc2nc[nH]c(=O)c12. The topological polar surface area (TPSA) is 101 Å². The Kier molecular flexibility index (Phi) is 3.21. The number of rotatable bonds is 3. The molecule has 0 aromatic carbocycles. The third kappa shape index (κ3) is 2.06. The van der Waals surface area contributed by atoms with Crippen molar-refractivity contribution in [1.82, 2.24) is 15.3 Å². The molecular weight excluding hydrogens is 240 g/mol. The first kappa shape index (κ1) is 11.7. The van der Waals surface area contributed by atoms with Crippen molar-refractivity contribution in [3.8, 4) is 0 Å². The van der Waals surface area contributed by atoms with E-state index in [4.69, 9.17) is 5.73 Å². The number of carbonyl (C=O) groups is 1. The van der Waals surface area contributed by atoms with Crippen LogP contribution in [0.4, 0.5) is 0 Å². The molecule has 90 valence electrons. The largest absolute Gasteiger partial charge is 0.350 e. The van der Waals surface area contributed by atoms with Gasteiger partial charge in [0.15, 0.2) is 0 Å². The van der Waals surface area contributed by atoms with Crippen molar-refractivity contribution in [2.45, 2.75) is 6.92 Å². The van der Waals surface area contributed by atoms with Gasteiger partial charge >= 0.3 is 0 Å². The van der Waals surface area contributed by atoms with Gasteiger partial charge in [-0.3, -0.25) is 9.59 Å². The van der Waals surface area contributed by atoms with Gasteiger partial charge in [-0.2, -0.15) is 0 Å². The monoisotopic (exact) mass is 252 g/mol. The third-order valence-electron chi connectivity index (χ3n) is 2.37. The maximum Gasteiger partial charge on any atom is 0.261 e. The number of aromatic nitrogens is 2. The molecule has 2 aromatic heterocycles. The number of carbonyl (C=O) groups excluding carboxylic acids is 1. The van der Waals surface area contributed by atoms with E-state index in [2.05, 4.69) is 15.3 Å². The maximum absolute atomic E-state index is 11.8. The number of nitrogens with one attached hydrogen (secondary N) is 2. The number of aromatic amines is 1. The molecule has 0 unspecified atom stereocenters. The molecule has 0 saturated heterocycles. The third-order valence-corrected chi connectivity index (χ3v) is 3.57. The molecule has 0 aliphatic rings. The fourth-order valence-corrected chi connectivity index (χ4v) is 2.63. The van der Waals surface area contributed by atoms with Gasteiger partial charge in [0.2, 0.25) is 0 Å². The fraction of sp³-hybridized carbons (Fsp3) is 0.300. The predicted molar refractivity (Wildman–Crippen MR) is 66.4 cm³/mol. The number of nitrogens with zero attached hydrogens (tertiary/aromatic N) is 1. The van der Waals surface area contributed by atoms with Gasteiger partial charge in [0.05, 0.1) is 16.6 Å². The molecule has 0 saturated carbocycles. The molecule has 4 N–H and O–H groups in total. The molecule has 0 spiro atoms. The van der Waals surface area contributed by atoms with E-state index in [-0.39, 0.29) is 11.5 Å². The summed E-state index contributed by atoms with van der Waals surface area (Å²) >= 11 is 1.21. The van der Waals surface area contributed by atoms with Gasteiger partial charge in [-0.05, 0) is 12.5 Å². The summed E-state index contributed by atoms with van der Waals surface area (Å²) in [7, 11) is 0. The van der Waals surface area contributed by atoms with E-state index in [0.717, 1.165) is 0 Å². The molecule has 17 heavy (non-hydrogen) atoms. The van der Waals surface area contributed by atoms with Crippen LogP contribution in [-0.2, 0) is 0 Å². The number of H-pyrrole nitrogens is 1. The Balaban J connectivity index is 2.49. The van der Waals surface area contributed by atoms with Crippen LogP contribution in [0, 0.1) is 6.92 Å². The standard InChI is InChI=1S/C10H12N4O2S/c1-5-6-8(15)13-4-14-10(6)17-7(5)9(16)12-3-2-11/h4H,2-3,11H2,1H3,(H,12,16)(H,13,14,15). The summed E-state index contributed by atoms with van der Waals surface area (Å²) in [5.41, 5.74) is 5.75. The van der Waals surface area contributed by atoms with E-state index in [1.807, 2.05) is 0 Å². The van der Waals surface area contributed by atoms with Crippen molar-refractivity contribution in [3.63, 3.8) is 0 Å². The van der Waals surface area contributed by atoms with Crippen LogP contribution in [0.3, 0.4) is 0 Å². The molecule has 2 aromatic rings. The highest BCUT2D eigenvalue weighted by molar-refractivity contribution is 7.20. The number of hydrogen-bond acceptors (Lipinski definition) is 5. The van der Waals surface area contributed by atoms with Crippen molar-refractivity contribution in [2.75, 3.05) is 13.1 Å². The Morgan fingerprint density at radius 1 is 1.65 bits per heavy atom. The fourth-order valence-electron chi connectivity index (χ4n) is 1.56. The van der Waals surface area contributed by atoms with Crippen molar-refractivity contribution >= 4 is 27.5 Å². The smallest absolute Gasteiger partial charge is 0.261 e. The summed E-state index contributed by atoms with van der Waals surface area (Å²) in [5.74, 6) is -0.213. The van der Waals surface area contributed by atoms with Crippen molar-refractivity contribution in [2.24, 2.45) is 5.73 Å². The summed E-state index contributed by atoms with van der Waals surface area (Å²) in [6.45, 7) is 2.54. The van der Waals surface area contributed by atoms with Crippen LogP contribution >= 0.6 is 11.3 Å². The van der Waals surface area contributed by atoms with Crippen LogP contribution in [-0.4, -0.2) is 29.0 Å². The molecule has 2 rings (SSSR count). The molecule has 0 radical (unpaired) electrons. The lowest BCUT2D eigenvalue weighted by molar-refractivity contribution is 0.0958. The average molecular weight is 252 g/mol. The lowest BCUT2D eigenvalue weighted by Gasteiger charge is -2.01. The van der Waals surface area contributed by atoms with Gasteiger partial charge in [0.1, 0.15) is 4.83 Å². The quantitative estimate of drug-likeness (QED) is 0.714. The summed E-state index contributed by atoms with van der Waals surface area (Å²) in [4.78, 5) is 31.0. The second kappa shape index (κ2) is 4.64. The number of fused-ring (bicyclic) bond motifs is 1. The summed E-state index contributed by atoms with van der Waals surface area (Å²) in [5, 5.41) is 3.16. The van der Waals surface area contributed by atoms with Gasteiger partial charge in [-0.1, -0.05) is 0 Å². The summed E-state index contributed by atoms with van der Waals surface area (Å²) in [6, 6.07) is 0. The van der Waals surface area contributed by atoms with E-state index in [1.54, 1.807) is 6.92 Å². The van der Waals surface area contributed by atoms with Crippen LogP contribution in [0.1, 0.15) is 15.2 Å². The minimum atomic E-state index is -0.221. The zero-order valence-corrected chi connectivity index (χ0v) is 10.1. The van der Waals surface area contributed by atoms with Gasteiger partial charge in [0.25, 0.3) is 11.5 Å². The Labute approximate surface area is 101 Å². The van der Waals surface area contributed by atoms with Crippen LogP contribution in [0.2, 0.25) is 0 Å². The van der Waals surface area contributed by atoms with Crippen LogP contribution in [0.15, 0.2) is 11.1 Å². The second-order valence-electron chi connectivity index (χ2n) is 3.51. The van der Waals surface area contributed by atoms with Gasteiger partial charge in [-0.25, -0.2) is 4.98 Å². The highest BCUT2D eigenvalue weighted by atomic mass is 32.1. The minimum absolute atomic E-state index is 0.213.